The van der Waals surface area contributed by atoms with Crippen LogP contribution < -0.4 is 15.0 Å². The number of fused-ring (bicyclic) bond motifs is 3. The van der Waals surface area contributed by atoms with Crippen LogP contribution in [0, 0.1) is 0 Å². The van der Waals surface area contributed by atoms with Crippen LogP contribution in [-0.2, 0) is 4.57 Å². The van der Waals surface area contributed by atoms with Crippen molar-refractivity contribution in [1.82, 2.24) is 0 Å². The molecule has 1 atom stereocenters. The Kier molecular flexibility index (Phi) is 4.97. The Labute approximate surface area is 167 Å². The van der Waals surface area contributed by atoms with Crippen LogP contribution in [0.4, 0.5) is 0 Å². The number of hydrogen-bond acceptors (Lipinski definition) is 2. The molecule has 3 aromatic rings. The molecule has 3 aromatic carbocycles. The van der Waals surface area contributed by atoms with Crippen LogP contribution in [0.2, 0.25) is 6.04 Å². The van der Waals surface area contributed by atoms with Crippen LogP contribution in [0.1, 0.15) is 0 Å². The maximum absolute atomic E-state index is 14.1. The van der Waals surface area contributed by atoms with E-state index in [1.165, 1.54) is 5.19 Å². The van der Waals surface area contributed by atoms with Gasteiger partial charge >= 0.3 is 0 Å². The average molecular weight is 403 g/mol. The van der Waals surface area contributed by atoms with Crippen molar-refractivity contribution in [3.63, 3.8) is 0 Å². The van der Waals surface area contributed by atoms with Gasteiger partial charge in [-0.3, -0.25) is 4.57 Å². The molecule has 0 spiro atoms. The highest BCUT2D eigenvalue weighted by Crippen LogP contribution is 2.55. The second-order valence-electron chi connectivity index (χ2n) is 7.07. The zero-order chi connectivity index (χ0) is 19.6. The molecular formula is C24H23O2PSi. The van der Waals surface area contributed by atoms with Crippen LogP contribution in [0.5, 0.6) is 5.75 Å². The summed E-state index contributed by atoms with van der Waals surface area (Å²) in [7, 11) is -5.23. The normalized spacial score (nSPS) is 17.7. The van der Waals surface area contributed by atoms with E-state index in [2.05, 4.69) is 25.3 Å². The first-order valence-corrected chi connectivity index (χ1v) is 13.6. The Bertz CT molecular complexity index is 1070. The van der Waals surface area contributed by atoms with Gasteiger partial charge in [-0.1, -0.05) is 83.3 Å². The van der Waals surface area contributed by atoms with E-state index in [0.717, 1.165) is 22.5 Å². The van der Waals surface area contributed by atoms with Crippen molar-refractivity contribution in [2.24, 2.45) is 0 Å². The molecule has 0 saturated carbocycles. The number of hydrogen-bond donors (Lipinski definition) is 0. The fourth-order valence-corrected chi connectivity index (χ4v) is 10.5. The molecule has 0 aromatic heterocycles. The summed E-state index contributed by atoms with van der Waals surface area (Å²) >= 11 is 0. The molecule has 0 radical (unpaired) electrons. The van der Waals surface area contributed by atoms with Crippen molar-refractivity contribution >= 4 is 25.9 Å². The number of rotatable bonds is 6. The Morgan fingerprint density at radius 2 is 1.43 bits per heavy atom. The van der Waals surface area contributed by atoms with E-state index in [-0.39, 0.29) is 0 Å². The molecule has 0 saturated heterocycles. The van der Waals surface area contributed by atoms with Gasteiger partial charge in [0.1, 0.15) is 13.8 Å². The monoisotopic (exact) mass is 402 g/mol. The van der Waals surface area contributed by atoms with E-state index in [1.54, 1.807) is 0 Å². The fraction of sp³-hybridized carbons (Fsp3) is 0.0833. The molecule has 140 valence electrons. The summed E-state index contributed by atoms with van der Waals surface area (Å²) in [5, 5.41) is 2.05. The van der Waals surface area contributed by atoms with Gasteiger partial charge in [-0.25, -0.2) is 0 Å². The lowest BCUT2D eigenvalue weighted by Gasteiger charge is -2.31. The molecule has 1 aliphatic rings. The van der Waals surface area contributed by atoms with Crippen molar-refractivity contribution < 1.29 is 9.09 Å². The van der Waals surface area contributed by atoms with Crippen molar-refractivity contribution in [3.8, 4) is 16.9 Å². The first-order valence-electron chi connectivity index (χ1n) is 9.42. The van der Waals surface area contributed by atoms with Crippen molar-refractivity contribution in [1.29, 1.82) is 0 Å². The summed E-state index contributed by atoms with van der Waals surface area (Å²) in [4.78, 5) is 0. The van der Waals surface area contributed by atoms with Gasteiger partial charge < -0.3 is 4.52 Å². The van der Waals surface area contributed by atoms with E-state index < -0.39 is 15.4 Å². The maximum atomic E-state index is 14.1. The molecule has 0 aliphatic carbocycles. The molecule has 1 heterocycles. The highest BCUT2D eigenvalue weighted by Gasteiger charge is 2.39. The standard InChI is InChI=1S/C24H23O2PSi/c1-3-28(4-2,20-12-6-5-7-13-20)19-18-27(25)24-17-11-9-15-22(24)21-14-8-10-16-23(21)26-27/h3-17H,1-2,18-19H2. The molecule has 0 bridgehead atoms. The predicted molar refractivity (Wildman–Crippen MR) is 122 cm³/mol. The molecular weight excluding hydrogens is 379 g/mol. The summed E-state index contributed by atoms with van der Waals surface area (Å²) in [6.45, 7) is 8.21. The van der Waals surface area contributed by atoms with Crippen LogP contribution in [0.25, 0.3) is 11.1 Å². The zero-order valence-corrected chi connectivity index (χ0v) is 17.6. The van der Waals surface area contributed by atoms with Crippen LogP contribution >= 0.6 is 7.37 Å². The Hall–Kier alpha value is -2.61. The van der Waals surface area contributed by atoms with Gasteiger partial charge in [0.2, 0.25) is 0 Å². The third kappa shape index (κ3) is 3.11. The minimum absolute atomic E-state index is 0.470. The quantitative estimate of drug-likeness (QED) is 0.404. The van der Waals surface area contributed by atoms with E-state index in [4.69, 9.17) is 4.52 Å². The van der Waals surface area contributed by atoms with Crippen molar-refractivity contribution in [2.75, 3.05) is 6.16 Å². The Balaban J connectivity index is 1.73. The lowest BCUT2D eigenvalue weighted by Crippen LogP contribution is -2.45. The van der Waals surface area contributed by atoms with Gasteiger partial charge in [0.15, 0.2) is 0 Å². The van der Waals surface area contributed by atoms with E-state index in [9.17, 15) is 4.57 Å². The van der Waals surface area contributed by atoms with Gasteiger partial charge in [-0.15, -0.1) is 13.2 Å². The molecule has 28 heavy (non-hydrogen) atoms. The minimum Gasteiger partial charge on any atom is -0.439 e. The fourth-order valence-electron chi connectivity index (χ4n) is 3.89. The SMILES string of the molecule is C=C[Si](C=C)(CCP1(=O)Oc2ccccc2-c2ccccc21)c1ccccc1. The Morgan fingerprint density at radius 1 is 0.821 bits per heavy atom. The molecule has 1 unspecified atom stereocenters. The van der Waals surface area contributed by atoms with Gasteiger partial charge in [0, 0.05) is 11.7 Å². The minimum atomic E-state index is -3.04. The van der Waals surface area contributed by atoms with E-state index in [0.29, 0.717) is 11.9 Å². The number of benzene rings is 3. The summed E-state index contributed by atoms with van der Waals surface area (Å²) < 4.78 is 20.2. The van der Waals surface area contributed by atoms with E-state index in [1.807, 2.05) is 78.1 Å². The first-order chi connectivity index (χ1) is 13.6. The van der Waals surface area contributed by atoms with Crippen LogP contribution in [0.15, 0.2) is 103 Å². The average Bonchev–Trinajstić information content (AvgIpc) is 2.76. The third-order valence-electron chi connectivity index (χ3n) is 5.55. The lowest BCUT2D eigenvalue weighted by molar-refractivity contribution is 0.492. The first kappa shape index (κ1) is 18.7. The summed E-state index contributed by atoms with van der Waals surface area (Å²) in [5.41, 5.74) is 6.08. The summed E-state index contributed by atoms with van der Waals surface area (Å²) in [6.07, 6.45) is 0.470. The smallest absolute Gasteiger partial charge is 0.277 e. The van der Waals surface area contributed by atoms with Gasteiger partial charge in [-0.2, -0.15) is 0 Å². The predicted octanol–water partition coefficient (Wildman–Crippen LogP) is 5.46. The van der Waals surface area contributed by atoms with Gasteiger partial charge in [0.25, 0.3) is 7.37 Å². The highest BCUT2D eigenvalue weighted by molar-refractivity contribution is 7.68. The Morgan fingerprint density at radius 3 is 2.14 bits per heavy atom. The maximum Gasteiger partial charge on any atom is 0.277 e. The summed E-state index contributed by atoms with van der Waals surface area (Å²) in [6, 6.07) is 26.8. The topological polar surface area (TPSA) is 26.3 Å². The number of para-hydroxylation sites is 1. The summed E-state index contributed by atoms with van der Waals surface area (Å²) in [5.74, 6) is 0.703. The highest BCUT2D eigenvalue weighted by atomic mass is 31.2. The van der Waals surface area contributed by atoms with Crippen LogP contribution in [-0.4, -0.2) is 14.2 Å². The molecule has 4 heteroatoms. The second-order valence-corrected chi connectivity index (χ2v) is 13.5. The molecule has 4 rings (SSSR count). The van der Waals surface area contributed by atoms with Gasteiger partial charge in [-0.05, 0) is 23.7 Å². The molecule has 2 nitrogen and oxygen atoms in total. The lowest BCUT2D eigenvalue weighted by atomic mass is 10.0. The largest absolute Gasteiger partial charge is 0.439 e. The molecule has 0 fully saturated rings. The second kappa shape index (κ2) is 7.42. The third-order valence-corrected chi connectivity index (χ3v) is 12.3. The van der Waals surface area contributed by atoms with Crippen molar-refractivity contribution in [3.05, 3.63) is 103 Å². The van der Waals surface area contributed by atoms with E-state index >= 15 is 0 Å². The zero-order valence-electron chi connectivity index (χ0n) is 15.8. The van der Waals surface area contributed by atoms with Gasteiger partial charge in [0.05, 0.1) is 5.30 Å². The van der Waals surface area contributed by atoms with Crippen molar-refractivity contribution in [2.45, 2.75) is 6.04 Å². The molecule has 1 aliphatic heterocycles. The molecule has 0 N–H and O–H groups in total. The van der Waals surface area contributed by atoms with Crippen LogP contribution in [0.3, 0.4) is 0 Å². The molecule has 0 amide bonds.